The van der Waals surface area contributed by atoms with Crippen LogP contribution >= 0.6 is 0 Å². The highest BCUT2D eigenvalue weighted by Crippen LogP contribution is 2.26. The quantitative estimate of drug-likeness (QED) is 0.732. The lowest BCUT2D eigenvalue weighted by Crippen LogP contribution is -2.25. The Bertz CT molecular complexity index is 422. The van der Waals surface area contributed by atoms with Crippen LogP contribution in [0.25, 0.3) is 0 Å². The Kier molecular flexibility index (Phi) is 3.77. The highest BCUT2D eigenvalue weighted by atomic mass is 16.5. The van der Waals surface area contributed by atoms with Gasteiger partial charge in [-0.2, -0.15) is 5.26 Å². The van der Waals surface area contributed by atoms with Crippen molar-refractivity contribution in [2.75, 3.05) is 0 Å². The Balaban J connectivity index is 1.93. The summed E-state index contributed by atoms with van der Waals surface area (Å²) in [7, 11) is 0. The van der Waals surface area contributed by atoms with Crippen molar-refractivity contribution in [3.05, 3.63) is 35.9 Å². The van der Waals surface area contributed by atoms with Crippen LogP contribution in [0.4, 0.5) is 0 Å². The molecule has 2 rings (SSSR count). The number of hydrogen-bond donors (Lipinski definition) is 0. The Hall–Kier alpha value is -1.82. The van der Waals surface area contributed by atoms with Crippen molar-refractivity contribution in [1.29, 1.82) is 5.26 Å². The number of hydrogen-bond acceptors (Lipinski definition) is 3. The SMILES string of the molecule is N#C[C@@H]1CCC[C@H](OC(=O)c2ccccc2)C1. The molecule has 0 saturated heterocycles. The first-order valence-corrected chi connectivity index (χ1v) is 5.95. The van der Waals surface area contributed by atoms with Gasteiger partial charge < -0.3 is 4.74 Å². The van der Waals surface area contributed by atoms with E-state index < -0.39 is 0 Å². The summed E-state index contributed by atoms with van der Waals surface area (Å²) < 4.78 is 5.42. The zero-order valence-corrected chi connectivity index (χ0v) is 9.63. The molecule has 0 aliphatic heterocycles. The van der Waals surface area contributed by atoms with Gasteiger partial charge in [-0.1, -0.05) is 18.2 Å². The van der Waals surface area contributed by atoms with E-state index in [-0.39, 0.29) is 18.0 Å². The maximum atomic E-state index is 11.8. The van der Waals surface area contributed by atoms with Crippen LogP contribution in [0, 0.1) is 17.2 Å². The van der Waals surface area contributed by atoms with Gasteiger partial charge >= 0.3 is 5.97 Å². The second-order valence-electron chi connectivity index (χ2n) is 4.39. The van der Waals surface area contributed by atoms with Gasteiger partial charge in [0, 0.05) is 12.3 Å². The zero-order chi connectivity index (χ0) is 12.1. The Morgan fingerprint density at radius 3 is 2.76 bits per heavy atom. The predicted molar refractivity (Wildman–Crippen MR) is 63.2 cm³/mol. The van der Waals surface area contributed by atoms with E-state index in [4.69, 9.17) is 10.00 Å². The maximum absolute atomic E-state index is 11.8. The van der Waals surface area contributed by atoms with E-state index in [9.17, 15) is 4.79 Å². The van der Waals surface area contributed by atoms with Crippen LogP contribution in [-0.4, -0.2) is 12.1 Å². The Morgan fingerprint density at radius 1 is 1.29 bits per heavy atom. The van der Waals surface area contributed by atoms with Gasteiger partial charge in [0.05, 0.1) is 11.6 Å². The number of nitrogens with zero attached hydrogens (tertiary/aromatic N) is 1. The fraction of sp³-hybridized carbons (Fsp3) is 0.429. The summed E-state index contributed by atoms with van der Waals surface area (Å²) in [5.41, 5.74) is 0.576. The molecule has 0 spiro atoms. The van der Waals surface area contributed by atoms with Gasteiger partial charge in [-0.15, -0.1) is 0 Å². The molecule has 0 heterocycles. The third-order valence-corrected chi connectivity index (χ3v) is 3.09. The van der Waals surface area contributed by atoms with Gasteiger partial charge in [0.1, 0.15) is 6.10 Å². The van der Waals surface area contributed by atoms with Crippen molar-refractivity contribution in [2.24, 2.45) is 5.92 Å². The molecule has 0 bridgehead atoms. The van der Waals surface area contributed by atoms with E-state index in [1.165, 1.54) is 0 Å². The maximum Gasteiger partial charge on any atom is 0.338 e. The third kappa shape index (κ3) is 3.07. The van der Waals surface area contributed by atoms with E-state index in [0.29, 0.717) is 12.0 Å². The fourth-order valence-electron chi connectivity index (χ4n) is 2.16. The molecule has 1 aromatic carbocycles. The Labute approximate surface area is 101 Å². The molecular formula is C14H15NO2. The minimum atomic E-state index is -0.283. The molecule has 0 radical (unpaired) electrons. The topological polar surface area (TPSA) is 50.1 Å². The van der Waals surface area contributed by atoms with Crippen LogP contribution < -0.4 is 0 Å². The lowest BCUT2D eigenvalue weighted by atomic mass is 9.88. The first-order valence-electron chi connectivity index (χ1n) is 5.95. The van der Waals surface area contributed by atoms with E-state index in [2.05, 4.69) is 6.07 Å². The minimum absolute atomic E-state index is 0.0392. The molecule has 1 aromatic rings. The lowest BCUT2D eigenvalue weighted by molar-refractivity contribution is 0.0175. The van der Waals surface area contributed by atoms with Crippen molar-refractivity contribution in [1.82, 2.24) is 0 Å². The molecule has 17 heavy (non-hydrogen) atoms. The van der Waals surface area contributed by atoms with Gasteiger partial charge in [0.25, 0.3) is 0 Å². The van der Waals surface area contributed by atoms with Crippen molar-refractivity contribution in [3.8, 4) is 6.07 Å². The molecule has 1 aliphatic rings. The minimum Gasteiger partial charge on any atom is -0.459 e. The van der Waals surface area contributed by atoms with Gasteiger partial charge in [0.2, 0.25) is 0 Å². The summed E-state index contributed by atoms with van der Waals surface area (Å²) >= 11 is 0. The van der Waals surface area contributed by atoms with Gasteiger partial charge in [0.15, 0.2) is 0 Å². The summed E-state index contributed by atoms with van der Waals surface area (Å²) in [6, 6.07) is 11.2. The van der Waals surface area contributed by atoms with Crippen LogP contribution in [-0.2, 0) is 4.74 Å². The van der Waals surface area contributed by atoms with E-state index in [1.54, 1.807) is 12.1 Å². The monoisotopic (exact) mass is 229 g/mol. The van der Waals surface area contributed by atoms with Gasteiger partial charge in [-0.3, -0.25) is 0 Å². The standard InChI is InChI=1S/C14H15NO2/c15-10-11-5-4-8-13(9-11)17-14(16)12-6-2-1-3-7-12/h1-3,6-7,11,13H,4-5,8-9H2/t11-,13+/m1/s1. The molecule has 0 aromatic heterocycles. The molecular weight excluding hydrogens is 214 g/mol. The van der Waals surface area contributed by atoms with Crippen molar-refractivity contribution < 1.29 is 9.53 Å². The van der Waals surface area contributed by atoms with Crippen LogP contribution in [0.1, 0.15) is 36.0 Å². The molecule has 0 unspecified atom stereocenters. The first-order chi connectivity index (χ1) is 8.29. The summed E-state index contributed by atoms with van der Waals surface area (Å²) in [5, 5.41) is 8.87. The predicted octanol–water partition coefficient (Wildman–Crippen LogP) is 2.93. The van der Waals surface area contributed by atoms with E-state index in [0.717, 1.165) is 19.3 Å². The number of benzene rings is 1. The summed E-state index contributed by atoms with van der Waals surface area (Å²) in [4.78, 5) is 11.8. The third-order valence-electron chi connectivity index (χ3n) is 3.09. The fourth-order valence-corrected chi connectivity index (χ4v) is 2.16. The summed E-state index contributed by atoms with van der Waals surface area (Å²) in [5.74, 6) is -0.244. The van der Waals surface area contributed by atoms with Gasteiger partial charge in [-0.05, 0) is 31.4 Å². The second-order valence-corrected chi connectivity index (χ2v) is 4.39. The van der Waals surface area contributed by atoms with Crippen LogP contribution in [0.5, 0.6) is 0 Å². The molecule has 2 atom stereocenters. The summed E-state index contributed by atoms with van der Waals surface area (Å²) in [6.07, 6.45) is 3.34. The van der Waals surface area contributed by atoms with Crippen molar-refractivity contribution >= 4 is 5.97 Å². The first kappa shape index (κ1) is 11.7. The average molecular weight is 229 g/mol. The van der Waals surface area contributed by atoms with Crippen LogP contribution in [0.15, 0.2) is 30.3 Å². The van der Waals surface area contributed by atoms with E-state index >= 15 is 0 Å². The normalized spacial score (nSPS) is 23.7. The molecule has 1 fully saturated rings. The largest absolute Gasteiger partial charge is 0.459 e. The zero-order valence-electron chi connectivity index (χ0n) is 9.63. The molecule has 3 nitrogen and oxygen atoms in total. The lowest BCUT2D eigenvalue weighted by Gasteiger charge is -2.25. The van der Waals surface area contributed by atoms with Crippen LogP contribution in [0.2, 0.25) is 0 Å². The average Bonchev–Trinajstić information content (AvgIpc) is 2.40. The number of nitriles is 1. The number of carbonyl (C=O) groups is 1. The van der Waals surface area contributed by atoms with E-state index in [1.807, 2.05) is 18.2 Å². The van der Waals surface area contributed by atoms with Gasteiger partial charge in [-0.25, -0.2) is 4.79 Å². The highest BCUT2D eigenvalue weighted by molar-refractivity contribution is 5.89. The molecule has 88 valence electrons. The Morgan fingerprint density at radius 2 is 2.06 bits per heavy atom. The molecule has 0 N–H and O–H groups in total. The summed E-state index contributed by atoms with van der Waals surface area (Å²) in [6.45, 7) is 0. The number of ether oxygens (including phenoxy) is 1. The highest BCUT2D eigenvalue weighted by Gasteiger charge is 2.24. The number of esters is 1. The van der Waals surface area contributed by atoms with Crippen molar-refractivity contribution in [3.63, 3.8) is 0 Å². The molecule has 1 saturated carbocycles. The molecule has 1 aliphatic carbocycles. The molecule has 3 heteroatoms. The number of carbonyl (C=O) groups excluding carboxylic acids is 1. The number of rotatable bonds is 2. The smallest absolute Gasteiger partial charge is 0.338 e. The van der Waals surface area contributed by atoms with Crippen molar-refractivity contribution in [2.45, 2.75) is 31.8 Å². The second kappa shape index (κ2) is 5.49. The van der Waals surface area contributed by atoms with Crippen LogP contribution in [0.3, 0.4) is 0 Å². The molecule has 0 amide bonds.